The van der Waals surface area contributed by atoms with E-state index < -0.39 is 0 Å². The summed E-state index contributed by atoms with van der Waals surface area (Å²) in [5.41, 5.74) is 6.95. The molecule has 0 fully saturated rings. The molecule has 7 heteroatoms. The Balaban J connectivity index is 2.28. The fraction of sp³-hybridized carbons (Fsp3) is 0.0714. The molecule has 0 spiro atoms. The zero-order valence-electron chi connectivity index (χ0n) is 10.5. The topological polar surface area (TPSA) is 35.2 Å². The second-order valence-corrected chi connectivity index (χ2v) is 8.16. The summed E-state index contributed by atoms with van der Waals surface area (Å²) in [7, 11) is 0. The van der Waals surface area contributed by atoms with E-state index in [1.807, 2.05) is 12.1 Å². The van der Waals surface area contributed by atoms with Crippen LogP contribution in [-0.2, 0) is 6.61 Å². The van der Waals surface area contributed by atoms with E-state index in [-0.39, 0.29) is 17.4 Å². The first-order valence-electron chi connectivity index (χ1n) is 5.74. The molecule has 2 aromatic carbocycles. The summed E-state index contributed by atoms with van der Waals surface area (Å²) in [6.45, 7) is 0.219. The van der Waals surface area contributed by atoms with Crippen molar-refractivity contribution < 1.29 is 9.13 Å². The van der Waals surface area contributed by atoms with Crippen molar-refractivity contribution >= 4 is 85.0 Å². The molecule has 110 valence electrons. The molecular formula is C14H9FI3NOS. The number of hydrogen-bond donors (Lipinski definition) is 1. The van der Waals surface area contributed by atoms with Gasteiger partial charge in [0.1, 0.15) is 23.2 Å². The van der Waals surface area contributed by atoms with Gasteiger partial charge in [0.05, 0.1) is 7.14 Å². The van der Waals surface area contributed by atoms with E-state index in [1.54, 1.807) is 6.07 Å². The number of nitrogens with two attached hydrogens (primary N) is 1. The van der Waals surface area contributed by atoms with E-state index in [1.165, 1.54) is 12.1 Å². The summed E-state index contributed by atoms with van der Waals surface area (Å²) in [5, 5.41) is 0. The van der Waals surface area contributed by atoms with E-state index in [2.05, 4.69) is 67.8 Å². The third-order valence-electron chi connectivity index (χ3n) is 2.67. The van der Waals surface area contributed by atoms with Crippen LogP contribution in [0.5, 0.6) is 5.75 Å². The second-order valence-electron chi connectivity index (χ2n) is 4.15. The number of rotatable bonds is 4. The minimum atomic E-state index is -0.333. The number of ether oxygens (including phenoxy) is 1. The van der Waals surface area contributed by atoms with Gasteiger partial charge in [-0.05, 0) is 98.1 Å². The smallest absolute Gasteiger partial charge is 0.146 e. The maximum Gasteiger partial charge on any atom is 0.146 e. The van der Waals surface area contributed by atoms with Crippen molar-refractivity contribution in [3.63, 3.8) is 0 Å². The Morgan fingerprint density at radius 3 is 2.33 bits per heavy atom. The van der Waals surface area contributed by atoms with Crippen molar-refractivity contribution in [3.05, 3.63) is 58.0 Å². The summed E-state index contributed by atoms with van der Waals surface area (Å²) in [6.07, 6.45) is 0. The van der Waals surface area contributed by atoms with Gasteiger partial charge >= 0.3 is 0 Å². The van der Waals surface area contributed by atoms with Gasteiger partial charge < -0.3 is 10.5 Å². The molecule has 2 N–H and O–H groups in total. The van der Waals surface area contributed by atoms with E-state index in [9.17, 15) is 4.39 Å². The van der Waals surface area contributed by atoms with E-state index >= 15 is 0 Å². The lowest BCUT2D eigenvalue weighted by Crippen LogP contribution is -2.14. The molecule has 0 heterocycles. The van der Waals surface area contributed by atoms with Gasteiger partial charge in [-0.3, -0.25) is 0 Å². The first kappa shape index (κ1) is 17.6. The third kappa shape index (κ3) is 4.61. The van der Waals surface area contributed by atoms with Crippen LogP contribution in [0.25, 0.3) is 0 Å². The van der Waals surface area contributed by atoms with E-state index in [4.69, 9.17) is 22.7 Å². The summed E-state index contributed by atoms with van der Waals surface area (Å²) in [5.74, 6) is 0.454. The standard InChI is InChI=1S/C14H9FI3NOS/c15-8-1-2-10(14(19)21)7(3-8)6-20-13-11(17)4-9(16)5-12(13)18/h1-5H,6H2,(H2,19,21). The summed E-state index contributed by atoms with van der Waals surface area (Å²) < 4.78 is 22.4. The normalized spacial score (nSPS) is 10.5. The Morgan fingerprint density at radius 2 is 1.76 bits per heavy atom. The largest absolute Gasteiger partial charge is 0.487 e. The van der Waals surface area contributed by atoms with Crippen LogP contribution in [0.15, 0.2) is 30.3 Å². The van der Waals surface area contributed by atoms with Crippen molar-refractivity contribution in [2.24, 2.45) is 5.73 Å². The SMILES string of the molecule is NC(=S)c1ccc(F)cc1COc1c(I)cc(I)cc1I. The molecule has 0 atom stereocenters. The van der Waals surface area contributed by atoms with Gasteiger partial charge in [0.2, 0.25) is 0 Å². The predicted octanol–water partition coefficient (Wildman–Crippen LogP) is 4.85. The highest BCUT2D eigenvalue weighted by atomic mass is 127. The Morgan fingerprint density at radius 1 is 1.14 bits per heavy atom. The Hall–Kier alpha value is 0.250. The number of halogens is 4. The molecular weight excluding hydrogens is 630 g/mol. The number of benzene rings is 2. The molecule has 0 aliphatic rings. The summed E-state index contributed by atoms with van der Waals surface area (Å²) in [4.78, 5) is 0.237. The summed E-state index contributed by atoms with van der Waals surface area (Å²) in [6, 6.07) is 8.38. The average Bonchev–Trinajstić information content (AvgIpc) is 2.37. The van der Waals surface area contributed by atoms with Gasteiger partial charge in [-0.1, -0.05) is 12.2 Å². The van der Waals surface area contributed by atoms with Gasteiger partial charge in [0.25, 0.3) is 0 Å². The van der Waals surface area contributed by atoms with Gasteiger partial charge in [0, 0.05) is 14.7 Å². The van der Waals surface area contributed by atoms with Gasteiger partial charge in [-0.15, -0.1) is 0 Å². The predicted molar refractivity (Wildman–Crippen MR) is 111 cm³/mol. The van der Waals surface area contributed by atoms with Crippen LogP contribution < -0.4 is 10.5 Å². The van der Waals surface area contributed by atoms with E-state index in [0.29, 0.717) is 11.1 Å². The molecule has 2 aromatic rings. The summed E-state index contributed by atoms with van der Waals surface area (Å²) >= 11 is 11.7. The van der Waals surface area contributed by atoms with Crippen LogP contribution in [0.4, 0.5) is 4.39 Å². The zero-order valence-corrected chi connectivity index (χ0v) is 17.8. The average molecular weight is 639 g/mol. The Kier molecular flexibility index (Phi) is 6.44. The lowest BCUT2D eigenvalue weighted by molar-refractivity contribution is 0.301. The fourth-order valence-corrected chi connectivity index (χ4v) is 5.83. The molecule has 0 aromatic heterocycles. The van der Waals surface area contributed by atoms with Crippen LogP contribution in [0.1, 0.15) is 11.1 Å². The van der Waals surface area contributed by atoms with E-state index in [0.717, 1.165) is 16.5 Å². The van der Waals surface area contributed by atoms with Crippen molar-refractivity contribution in [2.45, 2.75) is 6.61 Å². The zero-order chi connectivity index (χ0) is 15.6. The third-order valence-corrected chi connectivity index (χ3v) is 5.11. The van der Waals surface area contributed by atoms with Crippen LogP contribution in [0.3, 0.4) is 0 Å². The molecule has 0 bridgehead atoms. The highest BCUT2D eigenvalue weighted by Crippen LogP contribution is 2.30. The maximum atomic E-state index is 13.4. The van der Waals surface area contributed by atoms with Gasteiger partial charge in [-0.25, -0.2) is 4.39 Å². The van der Waals surface area contributed by atoms with Crippen LogP contribution >= 0.6 is 80.0 Å². The number of hydrogen-bond acceptors (Lipinski definition) is 2. The van der Waals surface area contributed by atoms with Crippen LogP contribution in [-0.4, -0.2) is 4.99 Å². The monoisotopic (exact) mass is 639 g/mol. The molecule has 0 aliphatic carbocycles. The fourth-order valence-electron chi connectivity index (χ4n) is 1.74. The second kappa shape index (κ2) is 7.68. The lowest BCUT2D eigenvalue weighted by Gasteiger charge is -2.13. The van der Waals surface area contributed by atoms with Crippen LogP contribution in [0.2, 0.25) is 0 Å². The minimum absolute atomic E-state index is 0.219. The molecule has 21 heavy (non-hydrogen) atoms. The molecule has 0 saturated heterocycles. The molecule has 0 saturated carbocycles. The van der Waals surface area contributed by atoms with Gasteiger partial charge in [0.15, 0.2) is 0 Å². The van der Waals surface area contributed by atoms with Crippen molar-refractivity contribution in [1.29, 1.82) is 0 Å². The van der Waals surface area contributed by atoms with Crippen molar-refractivity contribution in [3.8, 4) is 5.75 Å². The molecule has 0 radical (unpaired) electrons. The highest BCUT2D eigenvalue weighted by molar-refractivity contribution is 14.1. The maximum absolute atomic E-state index is 13.4. The highest BCUT2D eigenvalue weighted by Gasteiger charge is 2.11. The first-order chi connectivity index (χ1) is 9.88. The quantitative estimate of drug-likeness (QED) is 0.384. The molecule has 2 nitrogen and oxygen atoms in total. The van der Waals surface area contributed by atoms with Crippen molar-refractivity contribution in [1.82, 2.24) is 0 Å². The molecule has 0 unspecified atom stereocenters. The Bertz CT molecular complexity index is 686. The molecule has 0 amide bonds. The lowest BCUT2D eigenvalue weighted by atomic mass is 10.1. The first-order valence-corrected chi connectivity index (χ1v) is 9.38. The molecule has 0 aliphatic heterocycles. The minimum Gasteiger partial charge on any atom is -0.487 e. The van der Waals surface area contributed by atoms with Crippen LogP contribution in [0, 0.1) is 16.5 Å². The number of thiocarbonyl (C=S) groups is 1. The van der Waals surface area contributed by atoms with Gasteiger partial charge in [-0.2, -0.15) is 0 Å². The Labute approximate surface area is 168 Å². The molecule has 2 rings (SSSR count). The van der Waals surface area contributed by atoms with Crippen molar-refractivity contribution in [2.75, 3.05) is 0 Å².